The summed E-state index contributed by atoms with van der Waals surface area (Å²) < 4.78 is 12.1. The average Bonchev–Trinajstić information content (AvgIpc) is 3.06. The maximum absolute atomic E-state index is 12.4. The topological polar surface area (TPSA) is 76.7 Å². The molecular weight excluding hydrogens is 406 g/mol. The summed E-state index contributed by atoms with van der Waals surface area (Å²) >= 11 is 5.94. The third-order valence-corrected chi connectivity index (χ3v) is 5.52. The summed E-state index contributed by atoms with van der Waals surface area (Å²) in [6.07, 6.45) is 0.183. The summed E-state index contributed by atoms with van der Waals surface area (Å²) in [5.41, 5.74) is 3.35. The Kier molecular flexibility index (Phi) is 6.52. The van der Waals surface area contributed by atoms with Crippen LogP contribution in [0.25, 0.3) is 11.1 Å². The van der Waals surface area contributed by atoms with Gasteiger partial charge >= 0.3 is 5.76 Å². The van der Waals surface area contributed by atoms with Crippen molar-refractivity contribution in [3.8, 4) is 0 Å². The van der Waals surface area contributed by atoms with E-state index in [-0.39, 0.29) is 18.9 Å². The number of benzene rings is 2. The number of oxazole rings is 1. The molecule has 1 aromatic heterocycles. The number of hydrogen-bond acceptors (Lipinski definition) is 5. The van der Waals surface area contributed by atoms with Crippen molar-refractivity contribution in [2.45, 2.75) is 26.1 Å². The van der Waals surface area contributed by atoms with E-state index in [0.717, 1.165) is 38.4 Å². The Morgan fingerprint density at radius 2 is 1.87 bits per heavy atom. The van der Waals surface area contributed by atoms with Crippen molar-refractivity contribution in [1.29, 1.82) is 0 Å². The molecule has 8 heteroatoms. The van der Waals surface area contributed by atoms with Crippen LogP contribution in [-0.4, -0.2) is 41.7 Å². The summed E-state index contributed by atoms with van der Waals surface area (Å²) in [7, 11) is 0. The van der Waals surface area contributed by atoms with E-state index in [1.54, 1.807) is 18.2 Å². The van der Waals surface area contributed by atoms with Gasteiger partial charge in [-0.05, 0) is 23.3 Å². The van der Waals surface area contributed by atoms with E-state index in [1.807, 2.05) is 18.2 Å². The first-order valence-electron chi connectivity index (χ1n) is 10.0. The smallest absolute Gasteiger partial charge is 0.408 e. The summed E-state index contributed by atoms with van der Waals surface area (Å²) in [5.74, 6) is -0.609. The maximum atomic E-state index is 12.4. The maximum Gasteiger partial charge on any atom is 0.419 e. The molecule has 1 fully saturated rings. The van der Waals surface area contributed by atoms with Crippen LogP contribution in [0.4, 0.5) is 0 Å². The minimum atomic E-state index is -0.490. The predicted molar refractivity (Wildman–Crippen MR) is 114 cm³/mol. The van der Waals surface area contributed by atoms with Crippen LogP contribution in [0.1, 0.15) is 17.5 Å². The zero-order chi connectivity index (χ0) is 20.9. The number of rotatable bonds is 7. The second kappa shape index (κ2) is 9.47. The highest BCUT2D eigenvalue weighted by Crippen LogP contribution is 2.18. The molecule has 2 heterocycles. The van der Waals surface area contributed by atoms with Gasteiger partial charge in [0.05, 0.1) is 18.7 Å². The largest absolute Gasteiger partial charge is 0.419 e. The fraction of sp³-hybridized carbons (Fsp3) is 0.364. The molecule has 30 heavy (non-hydrogen) atoms. The number of halogens is 1. The molecule has 1 N–H and O–H groups in total. The number of nitrogens with one attached hydrogen (secondary N) is 1. The molecule has 7 nitrogen and oxygen atoms in total. The van der Waals surface area contributed by atoms with Gasteiger partial charge < -0.3 is 14.5 Å². The first kappa shape index (κ1) is 20.7. The monoisotopic (exact) mass is 429 g/mol. The summed E-state index contributed by atoms with van der Waals surface area (Å²) in [5, 5.41) is 3.46. The standard InChI is InChI=1S/C22H24ClN3O4/c23-18-5-6-19-20(13-18)30-22(28)26(19)8-7-21(27)24-14-16-3-1-2-4-17(16)15-25-9-11-29-12-10-25/h1-6,13H,7-12,14-15H2,(H,24,27). The normalized spacial score (nSPS) is 14.8. The molecule has 158 valence electrons. The molecule has 0 unspecified atom stereocenters. The van der Waals surface area contributed by atoms with Gasteiger partial charge in [0.25, 0.3) is 0 Å². The lowest BCUT2D eigenvalue weighted by molar-refractivity contribution is -0.121. The zero-order valence-electron chi connectivity index (χ0n) is 16.6. The number of aromatic nitrogens is 1. The van der Waals surface area contributed by atoms with E-state index in [1.165, 1.54) is 10.1 Å². The van der Waals surface area contributed by atoms with E-state index in [4.69, 9.17) is 20.8 Å². The second-order valence-corrected chi connectivity index (χ2v) is 7.75. The third kappa shape index (κ3) is 4.92. The molecule has 0 radical (unpaired) electrons. The van der Waals surface area contributed by atoms with Crippen LogP contribution in [0.15, 0.2) is 51.7 Å². The van der Waals surface area contributed by atoms with Crippen molar-refractivity contribution >= 4 is 28.6 Å². The van der Waals surface area contributed by atoms with Gasteiger partial charge in [-0.25, -0.2) is 4.79 Å². The highest BCUT2D eigenvalue weighted by atomic mass is 35.5. The number of aryl methyl sites for hydroxylation is 1. The molecule has 1 aliphatic heterocycles. The average molecular weight is 430 g/mol. The van der Waals surface area contributed by atoms with Gasteiger partial charge in [-0.1, -0.05) is 35.9 Å². The number of amides is 1. The third-order valence-electron chi connectivity index (χ3n) is 5.28. The molecule has 3 aromatic rings. The lowest BCUT2D eigenvalue weighted by Gasteiger charge is -2.27. The van der Waals surface area contributed by atoms with Gasteiger partial charge in [0.2, 0.25) is 5.91 Å². The Morgan fingerprint density at radius 3 is 2.67 bits per heavy atom. The molecule has 2 aromatic carbocycles. The predicted octanol–water partition coefficient (Wildman–Crippen LogP) is 2.79. The lowest BCUT2D eigenvalue weighted by atomic mass is 10.1. The molecule has 0 spiro atoms. The highest BCUT2D eigenvalue weighted by Gasteiger charge is 2.14. The van der Waals surface area contributed by atoms with Crippen LogP contribution < -0.4 is 11.1 Å². The number of morpholine rings is 1. The van der Waals surface area contributed by atoms with Gasteiger partial charge in [0.15, 0.2) is 5.58 Å². The van der Waals surface area contributed by atoms with Gasteiger partial charge in [-0.3, -0.25) is 14.3 Å². The van der Waals surface area contributed by atoms with Crippen LogP contribution in [0, 0.1) is 0 Å². The number of nitrogens with zero attached hydrogens (tertiary/aromatic N) is 2. The number of ether oxygens (including phenoxy) is 1. The minimum absolute atomic E-state index is 0.119. The Bertz CT molecular complexity index is 1090. The SMILES string of the molecule is O=C(CCn1c(=O)oc2cc(Cl)ccc21)NCc1ccccc1CN1CCOCC1. The van der Waals surface area contributed by atoms with E-state index < -0.39 is 5.76 Å². The Morgan fingerprint density at radius 1 is 1.10 bits per heavy atom. The fourth-order valence-corrected chi connectivity index (χ4v) is 3.79. The first-order chi connectivity index (χ1) is 14.6. The van der Waals surface area contributed by atoms with Crippen molar-refractivity contribution < 1.29 is 13.9 Å². The van der Waals surface area contributed by atoms with Gasteiger partial charge in [0.1, 0.15) is 0 Å². The van der Waals surface area contributed by atoms with Crippen LogP contribution in [0.5, 0.6) is 0 Å². The summed E-state index contributed by atoms with van der Waals surface area (Å²) in [4.78, 5) is 26.8. The first-order valence-corrected chi connectivity index (χ1v) is 10.4. The second-order valence-electron chi connectivity index (χ2n) is 7.32. The van der Waals surface area contributed by atoms with Crippen molar-refractivity contribution in [2.75, 3.05) is 26.3 Å². The van der Waals surface area contributed by atoms with Crippen molar-refractivity contribution in [1.82, 2.24) is 14.8 Å². The molecular formula is C22H24ClN3O4. The van der Waals surface area contributed by atoms with Crippen LogP contribution in [-0.2, 0) is 29.2 Å². The van der Waals surface area contributed by atoms with Gasteiger partial charge in [-0.15, -0.1) is 0 Å². The van der Waals surface area contributed by atoms with Crippen LogP contribution >= 0.6 is 11.6 Å². The van der Waals surface area contributed by atoms with Gasteiger partial charge in [0, 0.05) is 50.2 Å². The quantitative estimate of drug-likeness (QED) is 0.625. The summed E-state index contributed by atoms with van der Waals surface area (Å²) in [6.45, 7) is 4.89. The van der Waals surface area contributed by atoms with Gasteiger partial charge in [-0.2, -0.15) is 0 Å². The fourth-order valence-electron chi connectivity index (χ4n) is 3.63. The number of hydrogen-bond donors (Lipinski definition) is 1. The van der Waals surface area contributed by atoms with E-state index >= 15 is 0 Å². The molecule has 0 bridgehead atoms. The number of carbonyl (C=O) groups is 1. The molecule has 1 aliphatic rings. The molecule has 0 atom stereocenters. The van der Waals surface area contributed by atoms with Crippen molar-refractivity contribution in [3.05, 3.63) is 69.2 Å². The number of carbonyl (C=O) groups excluding carboxylic acids is 1. The molecule has 0 aliphatic carbocycles. The highest BCUT2D eigenvalue weighted by molar-refractivity contribution is 6.31. The van der Waals surface area contributed by atoms with Crippen molar-refractivity contribution in [2.24, 2.45) is 0 Å². The Hall–Kier alpha value is -2.61. The van der Waals surface area contributed by atoms with Crippen LogP contribution in [0.2, 0.25) is 5.02 Å². The zero-order valence-corrected chi connectivity index (χ0v) is 17.4. The Balaban J connectivity index is 1.34. The van der Waals surface area contributed by atoms with E-state index in [2.05, 4.69) is 16.3 Å². The number of fused-ring (bicyclic) bond motifs is 1. The van der Waals surface area contributed by atoms with E-state index in [0.29, 0.717) is 22.7 Å². The Labute approximate surface area is 179 Å². The minimum Gasteiger partial charge on any atom is -0.408 e. The molecule has 1 saturated heterocycles. The molecule has 0 saturated carbocycles. The van der Waals surface area contributed by atoms with Crippen molar-refractivity contribution in [3.63, 3.8) is 0 Å². The van der Waals surface area contributed by atoms with Crippen LogP contribution in [0.3, 0.4) is 0 Å². The molecule has 4 rings (SSSR count). The molecule has 1 amide bonds. The summed E-state index contributed by atoms with van der Waals surface area (Å²) in [6, 6.07) is 13.1. The van der Waals surface area contributed by atoms with E-state index in [9.17, 15) is 9.59 Å². The lowest BCUT2D eigenvalue weighted by Crippen LogP contribution is -2.36.